The van der Waals surface area contributed by atoms with Gasteiger partial charge in [0.2, 0.25) is 5.91 Å². The molecule has 0 spiro atoms. The number of aromatic nitrogens is 2. The Kier molecular flexibility index (Phi) is 4.52. The van der Waals surface area contributed by atoms with Gasteiger partial charge in [0.1, 0.15) is 5.82 Å². The summed E-state index contributed by atoms with van der Waals surface area (Å²) in [5.74, 6) is -0.820. The fraction of sp³-hybridized carbons (Fsp3) is 0.154. The van der Waals surface area contributed by atoms with Gasteiger partial charge in [0.15, 0.2) is 5.16 Å². The van der Waals surface area contributed by atoms with Crippen molar-refractivity contribution in [1.82, 2.24) is 9.97 Å². The lowest BCUT2D eigenvalue weighted by Gasteiger charge is -2.06. The van der Waals surface area contributed by atoms with Crippen molar-refractivity contribution in [2.75, 3.05) is 11.1 Å². The summed E-state index contributed by atoms with van der Waals surface area (Å²) >= 11 is 1.07. The van der Waals surface area contributed by atoms with Crippen LogP contribution in [0.3, 0.4) is 0 Å². The van der Waals surface area contributed by atoms with E-state index < -0.39 is 5.82 Å². The summed E-state index contributed by atoms with van der Waals surface area (Å²) in [4.78, 5) is 29.1. The highest BCUT2D eigenvalue weighted by Gasteiger charge is 2.08. The molecule has 5 nitrogen and oxygen atoms in total. The first-order chi connectivity index (χ1) is 9.54. The number of carbonyl (C=O) groups excluding carboxylic acids is 1. The van der Waals surface area contributed by atoms with Gasteiger partial charge < -0.3 is 10.3 Å². The average Bonchev–Trinajstić information content (AvgIpc) is 2.40. The van der Waals surface area contributed by atoms with E-state index in [4.69, 9.17) is 0 Å². The first-order valence-corrected chi connectivity index (χ1v) is 6.77. The highest BCUT2D eigenvalue weighted by molar-refractivity contribution is 7.99. The maximum absolute atomic E-state index is 13.5. The van der Waals surface area contributed by atoms with E-state index in [0.717, 1.165) is 17.3 Å². The van der Waals surface area contributed by atoms with Crippen LogP contribution in [0.1, 0.15) is 5.56 Å². The van der Waals surface area contributed by atoms with Crippen LogP contribution in [-0.4, -0.2) is 21.6 Å². The van der Waals surface area contributed by atoms with Crippen molar-refractivity contribution in [3.05, 3.63) is 52.2 Å². The van der Waals surface area contributed by atoms with Crippen molar-refractivity contribution in [2.45, 2.75) is 12.1 Å². The van der Waals surface area contributed by atoms with Gasteiger partial charge in [-0.15, -0.1) is 0 Å². The maximum atomic E-state index is 13.5. The third kappa shape index (κ3) is 3.92. The standard InChI is InChI=1S/C13H12FN3O2S/c1-8-2-3-10(9(14)6-8)16-12(19)7-20-13-15-5-4-11(18)17-13/h2-6H,7H2,1H3,(H,16,19)(H,15,17,18). The van der Waals surface area contributed by atoms with Gasteiger partial charge in [-0.3, -0.25) is 9.59 Å². The van der Waals surface area contributed by atoms with Crippen molar-refractivity contribution < 1.29 is 9.18 Å². The Hall–Kier alpha value is -2.15. The molecule has 20 heavy (non-hydrogen) atoms. The predicted octanol–water partition coefficient (Wildman–Crippen LogP) is 1.95. The fourth-order valence-corrected chi connectivity index (χ4v) is 2.12. The monoisotopic (exact) mass is 293 g/mol. The van der Waals surface area contributed by atoms with Crippen LogP contribution in [0.15, 0.2) is 40.4 Å². The fourth-order valence-electron chi connectivity index (χ4n) is 1.47. The number of amides is 1. The largest absolute Gasteiger partial charge is 0.323 e. The highest BCUT2D eigenvalue weighted by Crippen LogP contribution is 2.16. The molecule has 2 rings (SSSR count). The Morgan fingerprint density at radius 1 is 1.45 bits per heavy atom. The molecule has 0 aliphatic carbocycles. The molecule has 0 aliphatic heterocycles. The molecule has 0 aliphatic rings. The summed E-state index contributed by atoms with van der Waals surface area (Å²) in [7, 11) is 0. The van der Waals surface area contributed by atoms with Crippen LogP contribution in [0, 0.1) is 12.7 Å². The Bertz CT molecular complexity index is 687. The Morgan fingerprint density at radius 3 is 2.95 bits per heavy atom. The average molecular weight is 293 g/mol. The second kappa shape index (κ2) is 6.33. The number of nitrogens with one attached hydrogen (secondary N) is 2. The van der Waals surface area contributed by atoms with Crippen LogP contribution >= 0.6 is 11.8 Å². The number of H-pyrrole nitrogens is 1. The number of nitrogens with zero attached hydrogens (tertiary/aromatic N) is 1. The minimum atomic E-state index is -0.477. The van der Waals surface area contributed by atoms with Crippen molar-refractivity contribution >= 4 is 23.4 Å². The summed E-state index contributed by atoms with van der Waals surface area (Å²) in [6, 6.07) is 5.85. The number of aryl methyl sites for hydroxylation is 1. The lowest BCUT2D eigenvalue weighted by Crippen LogP contribution is -2.16. The van der Waals surface area contributed by atoms with Crippen LogP contribution < -0.4 is 10.9 Å². The summed E-state index contributed by atoms with van der Waals surface area (Å²) in [5, 5.41) is 2.81. The van der Waals surface area contributed by atoms with Crippen molar-refractivity contribution in [1.29, 1.82) is 0 Å². The minimum Gasteiger partial charge on any atom is -0.323 e. The Balaban J connectivity index is 1.94. The van der Waals surface area contributed by atoms with Gasteiger partial charge in [-0.1, -0.05) is 17.8 Å². The Labute approximate surface area is 118 Å². The molecule has 0 fully saturated rings. The van der Waals surface area contributed by atoms with E-state index in [1.165, 1.54) is 24.4 Å². The number of carbonyl (C=O) groups is 1. The van der Waals surface area contributed by atoms with E-state index in [1.54, 1.807) is 13.0 Å². The number of thioether (sulfide) groups is 1. The number of hydrogen-bond acceptors (Lipinski definition) is 4. The molecule has 0 radical (unpaired) electrons. The summed E-state index contributed by atoms with van der Waals surface area (Å²) < 4.78 is 13.5. The number of rotatable bonds is 4. The number of anilines is 1. The molecular formula is C13H12FN3O2S. The van der Waals surface area contributed by atoms with Gasteiger partial charge in [-0.05, 0) is 24.6 Å². The molecule has 1 aromatic carbocycles. The zero-order valence-electron chi connectivity index (χ0n) is 10.6. The van der Waals surface area contributed by atoms with E-state index in [0.29, 0.717) is 5.16 Å². The van der Waals surface area contributed by atoms with Gasteiger partial charge in [0.05, 0.1) is 11.4 Å². The minimum absolute atomic E-state index is 0.0280. The molecule has 1 aromatic heterocycles. The van der Waals surface area contributed by atoms with Crippen molar-refractivity contribution in [3.8, 4) is 0 Å². The lowest BCUT2D eigenvalue weighted by molar-refractivity contribution is -0.113. The summed E-state index contributed by atoms with van der Waals surface area (Å²) in [5.41, 5.74) is 0.629. The SMILES string of the molecule is Cc1ccc(NC(=O)CSc2nccc(=O)[nH]2)c(F)c1. The lowest BCUT2D eigenvalue weighted by atomic mass is 10.2. The third-order valence-electron chi connectivity index (χ3n) is 2.39. The van der Waals surface area contributed by atoms with Gasteiger partial charge in [0.25, 0.3) is 5.56 Å². The van der Waals surface area contributed by atoms with Crippen LogP contribution in [0.2, 0.25) is 0 Å². The summed E-state index contributed by atoms with van der Waals surface area (Å²) in [6.45, 7) is 1.77. The molecule has 7 heteroatoms. The highest BCUT2D eigenvalue weighted by atomic mass is 32.2. The van der Waals surface area contributed by atoms with Crippen LogP contribution in [0.25, 0.3) is 0 Å². The molecule has 0 atom stereocenters. The van der Waals surface area contributed by atoms with E-state index >= 15 is 0 Å². The van der Waals surface area contributed by atoms with E-state index in [1.807, 2.05) is 0 Å². The Morgan fingerprint density at radius 2 is 2.25 bits per heavy atom. The third-order valence-corrected chi connectivity index (χ3v) is 3.27. The summed E-state index contributed by atoms with van der Waals surface area (Å²) in [6.07, 6.45) is 1.36. The normalized spacial score (nSPS) is 10.3. The van der Waals surface area contributed by atoms with E-state index in [9.17, 15) is 14.0 Å². The van der Waals surface area contributed by atoms with Gasteiger partial charge in [0, 0.05) is 12.3 Å². The zero-order chi connectivity index (χ0) is 14.5. The first kappa shape index (κ1) is 14.3. The van der Waals surface area contributed by atoms with Crippen LogP contribution in [0.4, 0.5) is 10.1 Å². The molecule has 0 bridgehead atoms. The maximum Gasteiger partial charge on any atom is 0.251 e. The number of hydrogen-bond donors (Lipinski definition) is 2. The van der Waals surface area contributed by atoms with Crippen molar-refractivity contribution in [3.63, 3.8) is 0 Å². The molecule has 104 valence electrons. The second-order valence-corrected chi connectivity index (χ2v) is 5.02. The number of benzene rings is 1. The molecular weight excluding hydrogens is 281 g/mol. The smallest absolute Gasteiger partial charge is 0.251 e. The molecule has 2 aromatic rings. The first-order valence-electron chi connectivity index (χ1n) is 5.79. The molecule has 2 N–H and O–H groups in total. The van der Waals surface area contributed by atoms with Crippen LogP contribution in [-0.2, 0) is 4.79 Å². The molecule has 1 amide bonds. The molecule has 0 saturated carbocycles. The molecule has 1 heterocycles. The second-order valence-electron chi connectivity index (χ2n) is 4.06. The van der Waals surface area contributed by atoms with Gasteiger partial charge >= 0.3 is 0 Å². The van der Waals surface area contributed by atoms with Crippen molar-refractivity contribution in [2.24, 2.45) is 0 Å². The quantitative estimate of drug-likeness (QED) is 0.667. The van der Waals surface area contributed by atoms with E-state index in [2.05, 4.69) is 15.3 Å². The number of aromatic amines is 1. The predicted molar refractivity (Wildman–Crippen MR) is 75.3 cm³/mol. The van der Waals surface area contributed by atoms with Gasteiger partial charge in [-0.25, -0.2) is 9.37 Å². The van der Waals surface area contributed by atoms with Crippen LogP contribution in [0.5, 0.6) is 0 Å². The molecule has 0 saturated heterocycles. The molecule has 0 unspecified atom stereocenters. The van der Waals surface area contributed by atoms with E-state index in [-0.39, 0.29) is 22.9 Å². The topological polar surface area (TPSA) is 74.8 Å². The zero-order valence-corrected chi connectivity index (χ0v) is 11.5. The van der Waals surface area contributed by atoms with Gasteiger partial charge in [-0.2, -0.15) is 0 Å². The number of halogens is 1.